The quantitative estimate of drug-likeness (QED) is 0.551. The minimum absolute atomic E-state index is 0.101. The molecule has 5 aliphatic carbocycles. The standard InChI is InChI=1S/C22H32N4O4/c1-11(27)17(24)20(29)30-22-7-12-2-13(8-22)6-21(5-12,10-22)18(25)19(28)26-15(9-23)3-14-4-16(14)26/h11-18,27H,2-8,10,24-25H2,1H3/t11?,12-,13?,14?,15-,16?,17?,18+,21?,22?/m0/s1. The molecule has 10 atom stereocenters. The highest BCUT2D eigenvalue weighted by atomic mass is 16.6. The van der Waals surface area contributed by atoms with Crippen molar-refractivity contribution in [3.63, 3.8) is 0 Å². The van der Waals surface area contributed by atoms with E-state index in [9.17, 15) is 20.0 Å². The zero-order valence-corrected chi connectivity index (χ0v) is 17.5. The molecule has 0 aromatic heterocycles. The minimum atomic E-state index is -1.07. The molecule has 1 saturated heterocycles. The number of piperidine rings is 1. The summed E-state index contributed by atoms with van der Waals surface area (Å²) in [5, 5.41) is 19.2. The third kappa shape index (κ3) is 2.97. The van der Waals surface area contributed by atoms with Crippen molar-refractivity contribution in [1.82, 2.24) is 4.90 Å². The van der Waals surface area contributed by atoms with Crippen LogP contribution in [-0.4, -0.2) is 57.8 Å². The number of rotatable bonds is 5. The van der Waals surface area contributed by atoms with E-state index in [1.807, 2.05) is 0 Å². The van der Waals surface area contributed by atoms with E-state index in [-0.39, 0.29) is 18.0 Å². The molecule has 5 N–H and O–H groups in total. The minimum Gasteiger partial charge on any atom is -0.458 e. The predicted molar refractivity (Wildman–Crippen MR) is 106 cm³/mol. The number of amides is 1. The van der Waals surface area contributed by atoms with Crippen LogP contribution in [0.1, 0.15) is 58.3 Å². The fourth-order valence-corrected chi connectivity index (χ4v) is 7.52. The zero-order chi connectivity index (χ0) is 21.4. The van der Waals surface area contributed by atoms with Gasteiger partial charge in [-0.25, -0.2) is 0 Å². The van der Waals surface area contributed by atoms with E-state index in [1.165, 1.54) is 6.92 Å². The topological polar surface area (TPSA) is 143 Å². The molecule has 1 amide bonds. The van der Waals surface area contributed by atoms with Crippen LogP contribution in [0.2, 0.25) is 0 Å². The second-order valence-corrected chi connectivity index (χ2v) is 10.9. The molecule has 4 bridgehead atoms. The summed E-state index contributed by atoms with van der Waals surface area (Å²) in [4.78, 5) is 27.8. The maximum Gasteiger partial charge on any atom is 0.326 e. The van der Waals surface area contributed by atoms with E-state index in [0.29, 0.717) is 24.2 Å². The number of ether oxygens (including phenoxy) is 1. The van der Waals surface area contributed by atoms with Crippen LogP contribution >= 0.6 is 0 Å². The van der Waals surface area contributed by atoms with Crippen LogP contribution in [0.3, 0.4) is 0 Å². The van der Waals surface area contributed by atoms with Crippen molar-refractivity contribution in [3.05, 3.63) is 0 Å². The molecule has 8 heteroatoms. The number of fused-ring (bicyclic) bond motifs is 1. The van der Waals surface area contributed by atoms with Gasteiger partial charge < -0.3 is 26.2 Å². The van der Waals surface area contributed by atoms with E-state index in [4.69, 9.17) is 16.2 Å². The van der Waals surface area contributed by atoms with Crippen LogP contribution in [0.15, 0.2) is 0 Å². The smallest absolute Gasteiger partial charge is 0.326 e. The maximum absolute atomic E-state index is 13.5. The number of hydrogen-bond acceptors (Lipinski definition) is 7. The molecule has 164 valence electrons. The molecular formula is C22H32N4O4. The fraction of sp³-hybridized carbons (Fsp3) is 0.864. The van der Waals surface area contributed by atoms with Crippen molar-refractivity contribution < 1.29 is 19.4 Å². The Morgan fingerprint density at radius 3 is 2.43 bits per heavy atom. The first-order valence-electron chi connectivity index (χ1n) is 11.3. The Kier molecular flexibility index (Phi) is 4.48. The molecule has 1 aliphatic heterocycles. The summed E-state index contributed by atoms with van der Waals surface area (Å²) < 4.78 is 5.97. The van der Waals surface area contributed by atoms with Gasteiger partial charge >= 0.3 is 5.97 Å². The number of aliphatic hydroxyl groups excluding tert-OH is 1. The predicted octanol–water partition coefficient (Wildman–Crippen LogP) is 0.417. The van der Waals surface area contributed by atoms with Gasteiger partial charge in [-0.05, 0) is 81.5 Å². The molecule has 6 rings (SSSR count). The van der Waals surface area contributed by atoms with Crippen molar-refractivity contribution in [2.24, 2.45) is 34.6 Å². The number of carbonyl (C=O) groups excluding carboxylic acids is 2. The molecule has 1 heterocycles. The monoisotopic (exact) mass is 416 g/mol. The van der Waals surface area contributed by atoms with Crippen molar-refractivity contribution in [1.29, 1.82) is 5.26 Å². The first-order valence-corrected chi connectivity index (χ1v) is 11.3. The zero-order valence-electron chi connectivity index (χ0n) is 17.5. The summed E-state index contributed by atoms with van der Waals surface area (Å²) in [5.41, 5.74) is 11.5. The highest BCUT2D eigenvalue weighted by Crippen LogP contribution is 2.64. The summed E-state index contributed by atoms with van der Waals surface area (Å²) in [6, 6.07) is 0.348. The number of nitriles is 1. The van der Waals surface area contributed by atoms with Crippen molar-refractivity contribution in [2.45, 2.75) is 94.2 Å². The lowest BCUT2D eigenvalue weighted by Crippen LogP contribution is -2.66. The Labute approximate surface area is 176 Å². The third-order valence-corrected chi connectivity index (χ3v) is 8.60. The summed E-state index contributed by atoms with van der Waals surface area (Å²) in [6.07, 6.45) is 5.71. The molecule has 7 unspecified atom stereocenters. The van der Waals surface area contributed by atoms with Crippen molar-refractivity contribution >= 4 is 11.9 Å². The van der Waals surface area contributed by atoms with Gasteiger partial charge in [0.15, 0.2) is 0 Å². The van der Waals surface area contributed by atoms with Gasteiger partial charge in [0.05, 0.1) is 18.2 Å². The Morgan fingerprint density at radius 2 is 1.83 bits per heavy atom. The van der Waals surface area contributed by atoms with Gasteiger partial charge in [-0.1, -0.05) is 0 Å². The van der Waals surface area contributed by atoms with Gasteiger partial charge in [0.25, 0.3) is 0 Å². The average Bonchev–Trinajstić information content (AvgIpc) is 3.34. The summed E-state index contributed by atoms with van der Waals surface area (Å²) >= 11 is 0. The second-order valence-electron chi connectivity index (χ2n) is 10.9. The molecule has 0 radical (unpaired) electrons. The Bertz CT molecular complexity index is 793. The van der Waals surface area contributed by atoms with Gasteiger partial charge in [0.2, 0.25) is 5.91 Å². The van der Waals surface area contributed by atoms with Crippen LogP contribution in [0.5, 0.6) is 0 Å². The maximum atomic E-state index is 13.5. The van der Waals surface area contributed by atoms with Crippen molar-refractivity contribution in [2.75, 3.05) is 0 Å². The largest absolute Gasteiger partial charge is 0.458 e. The fourth-order valence-electron chi connectivity index (χ4n) is 7.52. The lowest BCUT2D eigenvalue weighted by molar-refractivity contribution is -0.208. The van der Waals surface area contributed by atoms with Gasteiger partial charge in [-0.15, -0.1) is 0 Å². The molecule has 30 heavy (non-hydrogen) atoms. The average molecular weight is 417 g/mol. The normalized spacial score (nSPS) is 46.0. The number of esters is 1. The number of hydrogen-bond donors (Lipinski definition) is 3. The number of nitrogens with two attached hydrogens (primary N) is 2. The Morgan fingerprint density at radius 1 is 1.17 bits per heavy atom. The first-order chi connectivity index (χ1) is 14.2. The molecule has 0 aromatic carbocycles. The van der Waals surface area contributed by atoms with Crippen LogP contribution in [0.25, 0.3) is 0 Å². The molecule has 6 fully saturated rings. The number of nitrogens with zero attached hydrogens (tertiary/aromatic N) is 2. The lowest BCUT2D eigenvalue weighted by atomic mass is 9.46. The summed E-state index contributed by atoms with van der Waals surface area (Å²) in [6.45, 7) is 1.48. The SMILES string of the molecule is CC(O)C(N)C(=O)OC12CC3C[C@H](C1)CC([C@H](N)C(=O)N1C4CC4C[C@H]1C#N)(C3)C2. The molecule has 0 spiro atoms. The molecule has 0 aromatic rings. The van der Waals surface area contributed by atoms with Gasteiger partial charge in [-0.2, -0.15) is 5.26 Å². The Balaban J connectivity index is 1.38. The van der Waals surface area contributed by atoms with Crippen LogP contribution in [-0.2, 0) is 14.3 Å². The second kappa shape index (κ2) is 6.65. The number of carbonyl (C=O) groups is 2. The van der Waals surface area contributed by atoms with Crippen LogP contribution < -0.4 is 11.5 Å². The van der Waals surface area contributed by atoms with Crippen LogP contribution in [0.4, 0.5) is 0 Å². The highest BCUT2D eigenvalue weighted by molar-refractivity contribution is 5.84. The van der Waals surface area contributed by atoms with E-state index in [1.54, 1.807) is 4.90 Å². The lowest BCUT2D eigenvalue weighted by Gasteiger charge is -2.62. The number of likely N-dealkylation sites (tertiary alicyclic amines) is 1. The van der Waals surface area contributed by atoms with E-state index in [0.717, 1.165) is 44.9 Å². The van der Waals surface area contributed by atoms with Crippen LogP contribution in [0, 0.1) is 34.5 Å². The molecular weight excluding hydrogens is 384 g/mol. The molecule has 6 aliphatic rings. The molecule has 5 saturated carbocycles. The Hall–Kier alpha value is -1.69. The summed E-state index contributed by atoms with van der Waals surface area (Å²) in [7, 11) is 0. The van der Waals surface area contributed by atoms with Crippen molar-refractivity contribution in [3.8, 4) is 6.07 Å². The summed E-state index contributed by atoms with van der Waals surface area (Å²) in [5.74, 6) is 0.526. The van der Waals surface area contributed by atoms with E-state index in [2.05, 4.69) is 6.07 Å². The first kappa shape index (κ1) is 20.2. The van der Waals surface area contributed by atoms with Gasteiger partial charge in [-0.3, -0.25) is 9.59 Å². The molecule has 8 nitrogen and oxygen atoms in total. The van der Waals surface area contributed by atoms with Gasteiger partial charge in [0, 0.05) is 6.04 Å². The van der Waals surface area contributed by atoms with Gasteiger partial charge in [0.1, 0.15) is 17.7 Å². The highest BCUT2D eigenvalue weighted by Gasteiger charge is 2.64. The van der Waals surface area contributed by atoms with E-state index < -0.39 is 35.2 Å². The number of aliphatic hydroxyl groups is 1. The van der Waals surface area contributed by atoms with E-state index >= 15 is 0 Å². The third-order valence-electron chi connectivity index (χ3n) is 8.60.